The Morgan fingerprint density at radius 3 is 3.22 bits per heavy atom. The van der Waals surface area contributed by atoms with Gasteiger partial charge in [0.15, 0.2) is 0 Å². The van der Waals surface area contributed by atoms with Gasteiger partial charge in [0.05, 0.1) is 0 Å². The lowest BCUT2D eigenvalue weighted by Crippen LogP contribution is -1.82. The first-order valence-corrected chi connectivity index (χ1v) is 4.16. The van der Waals surface area contributed by atoms with Crippen molar-refractivity contribution in [2.45, 2.75) is 38.5 Å². The zero-order chi connectivity index (χ0) is 6.10. The van der Waals surface area contributed by atoms with Crippen molar-refractivity contribution in [1.82, 2.24) is 0 Å². The third-order valence-corrected chi connectivity index (χ3v) is 2.51. The van der Waals surface area contributed by atoms with Crippen molar-refractivity contribution >= 4 is 0 Å². The quantitative estimate of drug-likeness (QED) is 0.433. The van der Waals surface area contributed by atoms with Crippen LogP contribution in [-0.4, -0.2) is 0 Å². The fourth-order valence-electron chi connectivity index (χ4n) is 1.76. The van der Waals surface area contributed by atoms with E-state index in [0.717, 1.165) is 5.92 Å². The van der Waals surface area contributed by atoms with E-state index in [9.17, 15) is 0 Å². The van der Waals surface area contributed by atoms with E-state index >= 15 is 0 Å². The van der Waals surface area contributed by atoms with Crippen LogP contribution in [0.3, 0.4) is 0 Å². The first kappa shape index (κ1) is 5.52. The Kier molecular flexibility index (Phi) is 1.33. The van der Waals surface area contributed by atoms with Crippen molar-refractivity contribution in [3.63, 3.8) is 0 Å². The van der Waals surface area contributed by atoms with Crippen LogP contribution in [0.4, 0.5) is 0 Å². The molecule has 0 radical (unpaired) electrons. The Hall–Kier alpha value is -0.260. The van der Waals surface area contributed by atoms with E-state index in [4.69, 9.17) is 0 Å². The van der Waals surface area contributed by atoms with Crippen molar-refractivity contribution in [2.24, 2.45) is 5.92 Å². The normalized spacial score (nSPS) is 33.8. The molecule has 0 spiro atoms. The highest BCUT2D eigenvalue weighted by Crippen LogP contribution is 2.43. The molecule has 9 heavy (non-hydrogen) atoms. The van der Waals surface area contributed by atoms with Crippen LogP contribution in [0.5, 0.6) is 0 Å². The molecule has 0 aromatic carbocycles. The smallest absolute Gasteiger partial charge is 0.0166 e. The van der Waals surface area contributed by atoms with E-state index in [-0.39, 0.29) is 0 Å². The van der Waals surface area contributed by atoms with Crippen molar-refractivity contribution < 1.29 is 0 Å². The van der Waals surface area contributed by atoms with Gasteiger partial charge in [-0.1, -0.05) is 24.5 Å². The van der Waals surface area contributed by atoms with Crippen molar-refractivity contribution in [3.8, 4) is 0 Å². The van der Waals surface area contributed by atoms with Crippen LogP contribution in [0.2, 0.25) is 0 Å². The molecule has 50 valence electrons. The van der Waals surface area contributed by atoms with Gasteiger partial charge in [-0.25, -0.2) is 0 Å². The molecule has 1 atom stereocenters. The van der Waals surface area contributed by atoms with Gasteiger partial charge in [-0.05, 0) is 31.6 Å². The van der Waals surface area contributed by atoms with Crippen LogP contribution in [-0.2, 0) is 0 Å². The van der Waals surface area contributed by atoms with Crippen LogP contribution in [0.1, 0.15) is 38.5 Å². The highest BCUT2D eigenvalue weighted by atomic mass is 14.3. The number of rotatable bonds is 0. The summed E-state index contributed by atoms with van der Waals surface area (Å²) in [6.07, 6.45) is 11.2. The molecule has 0 unspecified atom stereocenters. The fraction of sp³-hybridized carbons (Fsp3) is 0.778. The third kappa shape index (κ3) is 1.17. The molecule has 0 heterocycles. The Morgan fingerprint density at radius 2 is 2.22 bits per heavy atom. The fourth-order valence-corrected chi connectivity index (χ4v) is 1.76. The summed E-state index contributed by atoms with van der Waals surface area (Å²) in [5.41, 5.74) is 1.77. The summed E-state index contributed by atoms with van der Waals surface area (Å²) in [5.74, 6) is 1.05. The summed E-state index contributed by atoms with van der Waals surface area (Å²) < 4.78 is 0. The SMILES string of the molecule is C1=C2C[C@@H]2CCCCC1. The van der Waals surface area contributed by atoms with Gasteiger partial charge < -0.3 is 0 Å². The first-order valence-electron chi connectivity index (χ1n) is 4.16. The molecular formula is C9H14. The van der Waals surface area contributed by atoms with Gasteiger partial charge in [0.2, 0.25) is 0 Å². The largest absolute Gasteiger partial charge is 0.0850 e. The predicted molar refractivity (Wildman–Crippen MR) is 39.3 cm³/mol. The van der Waals surface area contributed by atoms with Crippen LogP contribution in [0.15, 0.2) is 11.6 Å². The highest BCUT2D eigenvalue weighted by molar-refractivity contribution is 5.23. The second-order valence-corrected chi connectivity index (χ2v) is 3.32. The van der Waals surface area contributed by atoms with E-state index in [1.807, 2.05) is 0 Å². The molecule has 0 aromatic heterocycles. The molecule has 2 aliphatic rings. The molecule has 0 aromatic rings. The van der Waals surface area contributed by atoms with Gasteiger partial charge >= 0.3 is 0 Å². The summed E-state index contributed by atoms with van der Waals surface area (Å²) >= 11 is 0. The molecule has 1 saturated carbocycles. The summed E-state index contributed by atoms with van der Waals surface area (Å²) in [6, 6.07) is 0. The summed E-state index contributed by atoms with van der Waals surface area (Å²) in [4.78, 5) is 0. The summed E-state index contributed by atoms with van der Waals surface area (Å²) in [5, 5.41) is 0. The lowest BCUT2D eigenvalue weighted by Gasteiger charge is -1.99. The molecule has 0 bridgehead atoms. The maximum absolute atomic E-state index is 2.48. The van der Waals surface area contributed by atoms with Gasteiger partial charge in [0.25, 0.3) is 0 Å². The molecule has 2 aliphatic carbocycles. The van der Waals surface area contributed by atoms with Gasteiger partial charge in [-0.15, -0.1) is 0 Å². The van der Waals surface area contributed by atoms with Crippen LogP contribution in [0.25, 0.3) is 0 Å². The third-order valence-electron chi connectivity index (χ3n) is 2.51. The Labute approximate surface area is 57.0 Å². The van der Waals surface area contributed by atoms with Crippen LogP contribution >= 0.6 is 0 Å². The molecule has 0 amide bonds. The Morgan fingerprint density at radius 1 is 1.22 bits per heavy atom. The Balaban J connectivity index is 1.97. The standard InChI is InChI=1S/C9H14/c1-2-4-6-9-7-8(9)5-3-1/h5,9H,1-4,6-7H2/t9-/m0/s1. The monoisotopic (exact) mass is 122 g/mol. The molecule has 0 heteroatoms. The molecule has 0 nitrogen and oxygen atoms in total. The van der Waals surface area contributed by atoms with Gasteiger partial charge in [-0.3, -0.25) is 0 Å². The minimum atomic E-state index is 1.05. The highest BCUT2D eigenvalue weighted by Gasteiger charge is 2.28. The first-order chi connectivity index (χ1) is 4.47. The second kappa shape index (κ2) is 2.17. The summed E-state index contributed by atoms with van der Waals surface area (Å²) in [7, 11) is 0. The van der Waals surface area contributed by atoms with Crippen molar-refractivity contribution in [3.05, 3.63) is 11.6 Å². The van der Waals surface area contributed by atoms with Gasteiger partial charge in [-0.2, -0.15) is 0 Å². The Bertz CT molecular complexity index is 133. The number of hydrogen-bond acceptors (Lipinski definition) is 0. The topological polar surface area (TPSA) is 0 Å². The number of fused-ring (bicyclic) bond motifs is 1. The molecular weight excluding hydrogens is 108 g/mol. The van der Waals surface area contributed by atoms with Gasteiger partial charge in [0.1, 0.15) is 0 Å². The van der Waals surface area contributed by atoms with E-state index in [1.54, 1.807) is 5.57 Å². The molecule has 0 N–H and O–H groups in total. The average molecular weight is 122 g/mol. The maximum Gasteiger partial charge on any atom is -0.0166 e. The van der Waals surface area contributed by atoms with E-state index in [0.29, 0.717) is 0 Å². The minimum absolute atomic E-state index is 1.05. The van der Waals surface area contributed by atoms with E-state index < -0.39 is 0 Å². The van der Waals surface area contributed by atoms with E-state index in [2.05, 4.69) is 6.08 Å². The predicted octanol–water partition coefficient (Wildman–Crippen LogP) is 2.90. The minimum Gasteiger partial charge on any atom is -0.0850 e. The zero-order valence-corrected chi connectivity index (χ0v) is 5.90. The lowest BCUT2D eigenvalue weighted by atomic mass is 10.1. The molecule has 0 aliphatic heterocycles. The summed E-state index contributed by atoms with van der Waals surface area (Å²) in [6.45, 7) is 0. The van der Waals surface area contributed by atoms with Crippen molar-refractivity contribution in [1.29, 1.82) is 0 Å². The number of allylic oxidation sites excluding steroid dienone is 2. The maximum atomic E-state index is 2.48. The molecule has 0 saturated heterocycles. The van der Waals surface area contributed by atoms with Crippen LogP contribution < -0.4 is 0 Å². The van der Waals surface area contributed by atoms with E-state index in [1.165, 1.54) is 38.5 Å². The zero-order valence-electron chi connectivity index (χ0n) is 5.90. The average Bonchev–Trinajstić information content (AvgIpc) is 2.46. The molecule has 2 rings (SSSR count). The lowest BCUT2D eigenvalue weighted by molar-refractivity contribution is 0.606. The van der Waals surface area contributed by atoms with Crippen LogP contribution in [0, 0.1) is 5.92 Å². The number of hydrogen-bond donors (Lipinski definition) is 0. The molecule has 1 fully saturated rings. The van der Waals surface area contributed by atoms with Crippen molar-refractivity contribution in [2.75, 3.05) is 0 Å². The second-order valence-electron chi connectivity index (χ2n) is 3.32. The van der Waals surface area contributed by atoms with Gasteiger partial charge in [0, 0.05) is 0 Å².